The average molecular weight is 396 g/mol. The summed E-state index contributed by atoms with van der Waals surface area (Å²) in [7, 11) is 0. The second-order valence-corrected chi connectivity index (χ2v) is 8.16. The summed E-state index contributed by atoms with van der Waals surface area (Å²) in [4.78, 5) is 40.5. The summed E-state index contributed by atoms with van der Waals surface area (Å²) < 4.78 is 5.23. The van der Waals surface area contributed by atoms with Crippen molar-refractivity contribution in [3.05, 3.63) is 52.9 Å². The molecule has 2 fully saturated rings. The van der Waals surface area contributed by atoms with Crippen LogP contribution in [0.3, 0.4) is 0 Å². The number of carbonyl (C=O) groups is 3. The van der Waals surface area contributed by atoms with E-state index >= 15 is 0 Å². The molecule has 2 N–H and O–H groups in total. The fraction of sp³-hybridized carbons (Fsp3) is 0.429. The Labute approximate surface area is 168 Å². The fourth-order valence-electron chi connectivity index (χ4n) is 4.13. The highest BCUT2D eigenvalue weighted by atomic mass is 16.5. The molecule has 2 aliphatic heterocycles. The zero-order valence-corrected chi connectivity index (χ0v) is 16.5. The molecular weight excluding hydrogens is 372 g/mol. The van der Waals surface area contributed by atoms with E-state index in [-0.39, 0.29) is 35.3 Å². The molecule has 3 heterocycles. The maximum atomic E-state index is 12.8. The first-order valence-electron chi connectivity index (χ1n) is 9.78. The summed E-state index contributed by atoms with van der Waals surface area (Å²) in [5.41, 5.74) is 6.85. The van der Waals surface area contributed by atoms with Gasteiger partial charge in [-0.1, -0.05) is 25.1 Å². The quantitative estimate of drug-likeness (QED) is 0.846. The minimum atomic E-state index is -0.555. The molecule has 0 aliphatic carbocycles. The van der Waals surface area contributed by atoms with Gasteiger partial charge in [0.05, 0.1) is 5.69 Å². The molecular formula is C21H24N4O4. The van der Waals surface area contributed by atoms with E-state index < -0.39 is 5.91 Å². The van der Waals surface area contributed by atoms with Crippen molar-refractivity contribution in [1.82, 2.24) is 15.0 Å². The number of carbonyl (C=O) groups excluding carboxylic acids is 3. The fourth-order valence-corrected chi connectivity index (χ4v) is 4.13. The molecule has 1 aromatic carbocycles. The number of fused-ring (bicyclic) bond motifs is 1. The zero-order chi connectivity index (χ0) is 20.7. The second-order valence-electron chi connectivity index (χ2n) is 8.16. The van der Waals surface area contributed by atoms with E-state index in [4.69, 9.17) is 10.3 Å². The molecule has 1 aromatic heterocycles. The minimum absolute atomic E-state index is 0.114. The normalized spacial score (nSPS) is 20.9. The molecule has 0 saturated carbocycles. The molecule has 0 bridgehead atoms. The minimum Gasteiger partial charge on any atom is -0.366 e. The molecule has 0 radical (unpaired) electrons. The molecule has 2 aliphatic rings. The van der Waals surface area contributed by atoms with Gasteiger partial charge in [-0.25, -0.2) is 0 Å². The van der Waals surface area contributed by atoms with Crippen LogP contribution in [0.5, 0.6) is 0 Å². The van der Waals surface area contributed by atoms with Gasteiger partial charge in [0.1, 0.15) is 0 Å². The van der Waals surface area contributed by atoms with Crippen LogP contribution < -0.4 is 5.73 Å². The summed E-state index contributed by atoms with van der Waals surface area (Å²) >= 11 is 0. The first-order valence-corrected chi connectivity index (χ1v) is 9.78. The number of rotatable bonds is 4. The Kier molecular flexibility index (Phi) is 4.86. The summed E-state index contributed by atoms with van der Waals surface area (Å²) in [5, 5.41) is 3.96. The first-order chi connectivity index (χ1) is 13.8. The van der Waals surface area contributed by atoms with Crippen LogP contribution in [-0.4, -0.2) is 58.9 Å². The monoisotopic (exact) mass is 396 g/mol. The topological polar surface area (TPSA) is 110 Å². The lowest BCUT2D eigenvalue weighted by atomic mass is 10.0. The van der Waals surface area contributed by atoms with E-state index in [1.807, 2.05) is 13.8 Å². The van der Waals surface area contributed by atoms with E-state index in [2.05, 4.69) is 5.16 Å². The van der Waals surface area contributed by atoms with Gasteiger partial charge in [0.2, 0.25) is 11.7 Å². The van der Waals surface area contributed by atoms with Crippen LogP contribution in [0, 0.1) is 11.8 Å². The molecule has 3 amide bonds. The van der Waals surface area contributed by atoms with Gasteiger partial charge < -0.3 is 20.1 Å². The molecule has 29 heavy (non-hydrogen) atoms. The van der Waals surface area contributed by atoms with Gasteiger partial charge in [-0.15, -0.1) is 0 Å². The SMILES string of the molecule is CC(C)c1cc(C(=O)N2C[C@H]3CN(C(=O)c4cccc(C(N)=O)c4)C[C@H]3C2)on1. The van der Waals surface area contributed by atoms with Crippen LogP contribution in [0.15, 0.2) is 34.9 Å². The third-order valence-corrected chi connectivity index (χ3v) is 5.79. The maximum absolute atomic E-state index is 12.8. The standard InChI is InChI=1S/C21H24N4O4/c1-12(2)17-7-18(29-23-17)21(28)25-10-15-8-24(9-16(15)11-25)20(27)14-5-3-4-13(6-14)19(22)26/h3-7,12,15-16H,8-11H2,1-2H3,(H2,22,26)/t15-,16+. The molecule has 152 valence electrons. The lowest BCUT2D eigenvalue weighted by molar-refractivity contribution is 0.0712. The molecule has 2 atom stereocenters. The number of hydrogen-bond acceptors (Lipinski definition) is 5. The summed E-state index contributed by atoms with van der Waals surface area (Å²) in [6, 6.07) is 8.19. The van der Waals surface area contributed by atoms with Crippen LogP contribution in [0.4, 0.5) is 0 Å². The van der Waals surface area contributed by atoms with Crippen molar-refractivity contribution in [1.29, 1.82) is 0 Å². The molecule has 0 spiro atoms. The van der Waals surface area contributed by atoms with Crippen molar-refractivity contribution in [3.8, 4) is 0 Å². The van der Waals surface area contributed by atoms with Gasteiger partial charge in [0.15, 0.2) is 0 Å². The van der Waals surface area contributed by atoms with Gasteiger partial charge in [-0.05, 0) is 24.1 Å². The molecule has 2 saturated heterocycles. The number of nitrogens with two attached hydrogens (primary N) is 1. The zero-order valence-electron chi connectivity index (χ0n) is 16.5. The van der Waals surface area contributed by atoms with Crippen LogP contribution in [-0.2, 0) is 0 Å². The van der Waals surface area contributed by atoms with Crippen molar-refractivity contribution in [3.63, 3.8) is 0 Å². The number of aromatic nitrogens is 1. The Balaban J connectivity index is 1.39. The van der Waals surface area contributed by atoms with Gasteiger partial charge in [0, 0.05) is 55.2 Å². The van der Waals surface area contributed by atoms with Crippen molar-refractivity contribution in [2.75, 3.05) is 26.2 Å². The van der Waals surface area contributed by atoms with Gasteiger partial charge in [0.25, 0.3) is 11.8 Å². The molecule has 0 unspecified atom stereocenters. The second kappa shape index (κ2) is 7.35. The highest BCUT2D eigenvalue weighted by molar-refractivity contribution is 5.99. The highest BCUT2D eigenvalue weighted by Gasteiger charge is 2.43. The van der Waals surface area contributed by atoms with Crippen LogP contribution in [0.25, 0.3) is 0 Å². The highest BCUT2D eigenvalue weighted by Crippen LogP contribution is 2.33. The smallest absolute Gasteiger partial charge is 0.292 e. The average Bonchev–Trinajstić information content (AvgIpc) is 3.41. The van der Waals surface area contributed by atoms with E-state index in [0.717, 1.165) is 5.69 Å². The Hall–Kier alpha value is -3.16. The van der Waals surface area contributed by atoms with Gasteiger partial charge in [-0.2, -0.15) is 0 Å². The number of likely N-dealkylation sites (tertiary alicyclic amines) is 2. The van der Waals surface area contributed by atoms with Crippen molar-refractivity contribution < 1.29 is 18.9 Å². The molecule has 4 rings (SSSR count). The Morgan fingerprint density at radius 1 is 1.00 bits per heavy atom. The third-order valence-electron chi connectivity index (χ3n) is 5.79. The van der Waals surface area contributed by atoms with E-state index in [0.29, 0.717) is 37.3 Å². The van der Waals surface area contributed by atoms with Crippen molar-refractivity contribution in [2.24, 2.45) is 17.6 Å². The maximum Gasteiger partial charge on any atom is 0.292 e. The largest absolute Gasteiger partial charge is 0.366 e. The molecule has 8 heteroatoms. The molecule has 8 nitrogen and oxygen atoms in total. The Morgan fingerprint density at radius 2 is 1.59 bits per heavy atom. The van der Waals surface area contributed by atoms with Crippen LogP contribution in [0.2, 0.25) is 0 Å². The lowest BCUT2D eigenvalue weighted by Gasteiger charge is -2.21. The number of nitrogens with zero attached hydrogens (tertiary/aromatic N) is 3. The van der Waals surface area contributed by atoms with Crippen LogP contribution in [0.1, 0.15) is 56.7 Å². The van der Waals surface area contributed by atoms with Crippen molar-refractivity contribution in [2.45, 2.75) is 19.8 Å². The number of primary amides is 1. The summed E-state index contributed by atoms with van der Waals surface area (Å²) in [6.45, 7) is 6.34. The Bertz CT molecular complexity index is 953. The van der Waals surface area contributed by atoms with Gasteiger partial charge in [-0.3, -0.25) is 14.4 Å². The molecule has 2 aromatic rings. The predicted octanol–water partition coefficient (Wildman–Crippen LogP) is 1.74. The van der Waals surface area contributed by atoms with Crippen LogP contribution >= 0.6 is 0 Å². The lowest BCUT2D eigenvalue weighted by Crippen LogP contribution is -2.35. The number of benzene rings is 1. The van der Waals surface area contributed by atoms with Crippen molar-refractivity contribution >= 4 is 17.7 Å². The number of hydrogen-bond donors (Lipinski definition) is 1. The van der Waals surface area contributed by atoms with E-state index in [1.165, 1.54) is 6.07 Å². The van der Waals surface area contributed by atoms with E-state index in [1.54, 1.807) is 34.1 Å². The van der Waals surface area contributed by atoms with E-state index in [9.17, 15) is 14.4 Å². The summed E-state index contributed by atoms with van der Waals surface area (Å²) in [5.74, 6) is 0.114. The Morgan fingerprint density at radius 3 is 2.14 bits per heavy atom. The number of amides is 3. The first kappa shape index (κ1) is 19.2. The van der Waals surface area contributed by atoms with Gasteiger partial charge >= 0.3 is 0 Å². The predicted molar refractivity (Wildman–Crippen MR) is 104 cm³/mol. The summed E-state index contributed by atoms with van der Waals surface area (Å²) in [6.07, 6.45) is 0. The third kappa shape index (κ3) is 3.62.